The van der Waals surface area contributed by atoms with Crippen molar-refractivity contribution in [3.63, 3.8) is 0 Å². The summed E-state index contributed by atoms with van der Waals surface area (Å²) in [6.45, 7) is 5.69. The lowest BCUT2D eigenvalue weighted by Gasteiger charge is -2.41. The number of carboxylic acids is 1. The fourth-order valence-electron chi connectivity index (χ4n) is 3.94. The Kier molecular flexibility index (Phi) is 5.25. The van der Waals surface area contributed by atoms with Crippen molar-refractivity contribution in [1.82, 2.24) is 4.90 Å². The number of ether oxygens (including phenoxy) is 1. The maximum atomic E-state index is 13.1. The van der Waals surface area contributed by atoms with Gasteiger partial charge in [0, 0.05) is 12.0 Å². The Balaban J connectivity index is 2.15. The highest BCUT2D eigenvalue weighted by atomic mass is 16.5. The normalized spacial score (nSPS) is 25.3. The molecule has 1 unspecified atom stereocenters. The molecule has 0 bridgehead atoms. The zero-order valence-corrected chi connectivity index (χ0v) is 13.1. The molecule has 1 atom stereocenters. The first-order valence-corrected chi connectivity index (χ1v) is 8.05. The molecule has 1 aliphatic carbocycles. The summed E-state index contributed by atoms with van der Waals surface area (Å²) < 4.78 is 5.38. The second kappa shape index (κ2) is 6.77. The van der Waals surface area contributed by atoms with Crippen LogP contribution in [0.5, 0.6) is 0 Å². The first-order valence-electron chi connectivity index (χ1n) is 8.05. The number of morpholine rings is 1. The Labute approximate surface area is 126 Å². The SMILES string of the molecule is CC(C)CC1(C(=O)N2CCOCC2CC(=O)O)CCCC1. The highest BCUT2D eigenvalue weighted by molar-refractivity contribution is 5.84. The summed E-state index contributed by atoms with van der Waals surface area (Å²) in [5.74, 6) is -0.220. The maximum absolute atomic E-state index is 13.1. The minimum absolute atomic E-state index is 0.0243. The molecule has 1 N–H and O–H groups in total. The van der Waals surface area contributed by atoms with Gasteiger partial charge in [-0.15, -0.1) is 0 Å². The van der Waals surface area contributed by atoms with Gasteiger partial charge in [-0.05, 0) is 25.2 Å². The number of nitrogens with zero attached hydrogens (tertiary/aromatic N) is 1. The summed E-state index contributed by atoms with van der Waals surface area (Å²) in [4.78, 5) is 25.9. The van der Waals surface area contributed by atoms with Gasteiger partial charge in [0.25, 0.3) is 0 Å². The van der Waals surface area contributed by atoms with Crippen molar-refractivity contribution in [3.05, 3.63) is 0 Å². The summed E-state index contributed by atoms with van der Waals surface area (Å²) in [5.41, 5.74) is -0.262. The Morgan fingerprint density at radius 2 is 2.00 bits per heavy atom. The van der Waals surface area contributed by atoms with E-state index in [1.807, 2.05) is 0 Å². The van der Waals surface area contributed by atoms with E-state index in [1.54, 1.807) is 4.90 Å². The maximum Gasteiger partial charge on any atom is 0.305 e. The molecular formula is C16H27NO4. The lowest BCUT2D eigenvalue weighted by molar-refractivity contribution is -0.154. The van der Waals surface area contributed by atoms with Gasteiger partial charge in [0.2, 0.25) is 5.91 Å². The van der Waals surface area contributed by atoms with Crippen LogP contribution in [0.4, 0.5) is 0 Å². The molecule has 1 amide bonds. The van der Waals surface area contributed by atoms with Gasteiger partial charge >= 0.3 is 5.97 Å². The van der Waals surface area contributed by atoms with Gasteiger partial charge < -0.3 is 14.7 Å². The molecule has 0 aromatic rings. The molecule has 1 aliphatic heterocycles. The second-order valence-electron chi connectivity index (χ2n) is 6.91. The van der Waals surface area contributed by atoms with Crippen LogP contribution in [0.25, 0.3) is 0 Å². The van der Waals surface area contributed by atoms with Gasteiger partial charge in [-0.25, -0.2) is 0 Å². The molecule has 5 nitrogen and oxygen atoms in total. The molecule has 1 saturated heterocycles. The lowest BCUT2D eigenvalue weighted by Crippen LogP contribution is -2.54. The highest BCUT2D eigenvalue weighted by Gasteiger charge is 2.45. The van der Waals surface area contributed by atoms with Crippen LogP contribution in [0.3, 0.4) is 0 Å². The van der Waals surface area contributed by atoms with Crippen molar-refractivity contribution in [2.75, 3.05) is 19.8 Å². The molecule has 2 rings (SSSR count). The minimum atomic E-state index is -0.868. The van der Waals surface area contributed by atoms with E-state index in [4.69, 9.17) is 9.84 Å². The zero-order valence-electron chi connectivity index (χ0n) is 13.1. The second-order valence-corrected chi connectivity index (χ2v) is 6.91. The van der Waals surface area contributed by atoms with Crippen LogP contribution in [0, 0.1) is 11.3 Å². The van der Waals surface area contributed by atoms with Crippen molar-refractivity contribution < 1.29 is 19.4 Å². The summed E-state index contributed by atoms with van der Waals surface area (Å²) in [7, 11) is 0. The zero-order chi connectivity index (χ0) is 15.5. The Bertz CT molecular complexity index is 388. The number of rotatable bonds is 5. The molecule has 2 fully saturated rings. The van der Waals surface area contributed by atoms with Crippen molar-refractivity contribution in [1.29, 1.82) is 0 Å². The predicted octanol–water partition coefficient (Wildman–Crippen LogP) is 2.29. The highest BCUT2D eigenvalue weighted by Crippen LogP contribution is 2.45. The Morgan fingerprint density at radius 3 is 2.57 bits per heavy atom. The first-order chi connectivity index (χ1) is 9.94. The molecule has 0 spiro atoms. The fraction of sp³-hybridized carbons (Fsp3) is 0.875. The molecule has 1 saturated carbocycles. The monoisotopic (exact) mass is 297 g/mol. The smallest absolute Gasteiger partial charge is 0.305 e. The van der Waals surface area contributed by atoms with Crippen LogP contribution in [-0.2, 0) is 14.3 Å². The number of aliphatic carboxylic acids is 1. The molecule has 5 heteroatoms. The number of carboxylic acid groups (broad SMARTS) is 1. The van der Waals surface area contributed by atoms with E-state index in [0.29, 0.717) is 25.7 Å². The van der Waals surface area contributed by atoms with E-state index < -0.39 is 5.97 Å². The van der Waals surface area contributed by atoms with Crippen molar-refractivity contribution in [2.24, 2.45) is 11.3 Å². The molecule has 0 aromatic carbocycles. The van der Waals surface area contributed by atoms with Gasteiger partial charge in [-0.1, -0.05) is 26.7 Å². The topological polar surface area (TPSA) is 66.8 Å². The van der Waals surface area contributed by atoms with Gasteiger partial charge in [0.1, 0.15) is 0 Å². The molecule has 0 radical (unpaired) electrons. The molecule has 0 aromatic heterocycles. The van der Waals surface area contributed by atoms with Crippen LogP contribution < -0.4 is 0 Å². The van der Waals surface area contributed by atoms with Crippen LogP contribution in [0.1, 0.15) is 52.4 Å². The van der Waals surface area contributed by atoms with E-state index >= 15 is 0 Å². The summed E-state index contributed by atoms with van der Waals surface area (Å²) in [5, 5.41) is 9.05. The number of hydrogen-bond acceptors (Lipinski definition) is 3. The predicted molar refractivity (Wildman–Crippen MR) is 78.9 cm³/mol. The number of carbonyl (C=O) groups excluding carboxylic acids is 1. The largest absolute Gasteiger partial charge is 0.481 e. The van der Waals surface area contributed by atoms with Gasteiger partial charge in [0.05, 0.1) is 25.7 Å². The van der Waals surface area contributed by atoms with E-state index in [-0.39, 0.29) is 23.8 Å². The Hall–Kier alpha value is -1.10. The third-order valence-electron chi connectivity index (χ3n) is 4.71. The van der Waals surface area contributed by atoms with Gasteiger partial charge in [0.15, 0.2) is 0 Å². The van der Waals surface area contributed by atoms with Gasteiger partial charge in [-0.3, -0.25) is 9.59 Å². The Morgan fingerprint density at radius 1 is 1.33 bits per heavy atom. The first kappa shape index (κ1) is 16.3. The third-order valence-corrected chi connectivity index (χ3v) is 4.71. The summed E-state index contributed by atoms with van der Waals surface area (Å²) in [6.07, 6.45) is 4.98. The number of carbonyl (C=O) groups is 2. The lowest BCUT2D eigenvalue weighted by atomic mass is 9.77. The average Bonchev–Trinajstić information content (AvgIpc) is 2.87. The summed E-state index contributed by atoms with van der Waals surface area (Å²) >= 11 is 0. The van der Waals surface area contributed by atoms with Crippen LogP contribution in [0.15, 0.2) is 0 Å². The average molecular weight is 297 g/mol. The summed E-state index contributed by atoms with van der Waals surface area (Å²) in [6, 6.07) is -0.312. The standard InChI is InChI=1S/C16H27NO4/c1-12(2)10-16(5-3-4-6-16)15(20)17-7-8-21-11-13(17)9-14(18)19/h12-13H,3-11H2,1-2H3,(H,18,19). The van der Waals surface area contributed by atoms with Crippen molar-refractivity contribution >= 4 is 11.9 Å². The van der Waals surface area contributed by atoms with Crippen LogP contribution >= 0.6 is 0 Å². The van der Waals surface area contributed by atoms with Gasteiger partial charge in [-0.2, -0.15) is 0 Å². The van der Waals surface area contributed by atoms with Crippen molar-refractivity contribution in [3.8, 4) is 0 Å². The molecule has 1 heterocycles. The molecular weight excluding hydrogens is 270 g/mol. The van der Waals surface area contributed by atoms with E-state index in [1.165, 1.54) is 0 Å². The molecule has 120 valence electrons. The minimum Gasteiger partial charge on any atom is -0.481 e. The van der Waals surface area contributed by atoms with Crippen LogP contribution in [-0.4, -0.2) is 47.7 Å². The number of amides is 1. The molecule has 21 heavy (non-hydrogen) atoms. The van der Waals surface area contributed by atoms with E-state index in [9.17, 15) is 9.59 Å². The molecule has 2 aliphatic rings. The van der Waals surface area contributed by atoms with E-state index in [2.05, 4.69) is 13.8 Å². The van der Waals surface area contributed by atoms with Crippen molar-refractivity contribution in [2.45, 2.75) is 58.4 Å². The van der Waals surface area contributed by atoms with Crippen LogP contribution in [0.2, 0.25) is 0 Å². The quantitative estimate of drug-likeness (QED) is 0.845. The number of hydrogen-bond donors (Lipinski definition) is 1. The van der Waals surface area contributed by atoms with E-state index in [0.717, 1.165) is 32.1 Å². The fourth-order valence-corrected chi connectivity index (χ4v) is 3.94. The third kappa shape index (κ3) is 3.76.